The van der Waals surface area contributed by atoms with E-state index >= 15 is 0 Å². The van der Waals surface area contributed by atoms with Gasteiger partial charge in [0.05, 0.1) is 6.61 Å². The van der Waals surface area contributed by atoms with Gasteiger partial charge in [-0.05, 0) is 5.56 Å². The van der Waals surface area contributed by atoms with E-state index in [1.54, 1.807) is 0 Å². The highest BCUT2D eigenvalue weighted by Crippen LogP contribution is 2.14. The Morgan fingerprint density at radius 1 is 1.43 bits per heavy atom. The van der Waals surface area contributed by atoms with Crippen molar-refractivity contribution in [3.63, 3.8) is 0 Å². The Balaban J connectivity index is 1.87. The molecule has 21 heavy (non-hydrogen) atoms. The molecule has 1 aliphatic heterocycles. The standard InChI is InChI=1S/C15H17NO5/c1-2-8-19-15(18)16-13-12(17)10-21-14(13)20-9-11-6-4-3-5-7-11/h2-7,13-14H,1,8-10H2,(H,16,18)/t13-,14?/m1/s1. The summed E-state index contributed by atoms with van der Waals surface area (Å²) < 4.78 is 15.6. The number of carbonyl (C=O) groups excluding carboxylic acids is 2. The Hall–Kier alpha value is -2.18. The summed E-state index contributed by atoms with van der Waals surface area (Å²) >= 11 is 0. The van der Waals surface area contributed by atoms with Crippen LogP contribution in [0.4, 0.5) is 4.79 Å². The van der Waals surface area contributed by atoms with Gasteiger partial charge in [0, 0.05) is 0 Å². The quantitative estimate of drug-likeness (QED) is 0.802. The third kappa shape index (κ3) is 4.40. The lowest BCUT2D eigenvalue weighted by atomic mass is 10.2. The zero-order valence-corrected chi connectivity index (χ0v) is 11.5. The first-order chi connectivity index (χ1) is 10.2. The van der Waals surface area contributed by atoms with Crippen LogP contribution in [-0.4, -0.2) is 37.4 Å². The highest BCUT2D eigenvalue weighted by atomic mass is 16.7. The van der Waals surface area contributed by atoms with Crippen LogP contribution >= 0.6 is 0 Å². The number of carbonyl (C=O) groups is 2. The first kappa shape index (κ1) is 15.2. The van der Waals surface area contributed by atoms with Gasteiger partial charge in [-0.1, -0.05) is 43.0 Å². The van der Waals surface area contributed by atoms with Gasteiger partial charge in [0.25, 0.3) is 0 Å². The van der Waals surface area contributed by atoms with E-state index in [0.29, 0.717) is 6.61 Å². The summed E-state index contributed by atoms with van der Waals surface area (Å²) in [5.41, 5.74) is 0.952. The molecule has 1 aliphatic rings. The van der Waals surface area contributed by atoms with Crippen LogP contribution in [0.1, 0.15) is 5.56 Å². The zero-order valence-electron chi connectivity index (χ0n) is 11.5. The van der Waals surface area contributed by atoms with Gasteiger partial charge in [0.2, 0.25) is 0 Å². The average molecular weight is 291 g/mol. The second-order valence-electron chi connectivity index (χ2n) is 4.45. The summed E-state index contributed by atoms with van der Waals surface area (Å²) in [7, 11) is 0. The van der Waals surface area contributed by atoms with E-state index in [2.05, 4.69) is 11.9 Å². The Labute approximate surface area is 122 Å². The molecule has 6 heteroatoms. The molecule has 0 bridgehead atoms. The largest absolute Gasteiger partial charge is 0.445 e. The molecular formula is C15H17NO5. The molecule has 112 valence electrons. The molecule has 1 aromatic carbocycles. The van der Waals surface area contributed by atoms with Crippen molar-refractivity contribution in [3.05, 3.63) is 48.6 Å². The SMILES string of the molecule is C=CCOC(=O)N[C@@H]1C(=O)COC1OCc1ccccc1. The summed E-state index contributed by atoms with van der Waals surface area (Å²) in [4.78, 5) is 23.2. The third-order valence-electron chi connectivity index (χ3n) is 2.87. The second-order valence-corrected chi connectivity index (χ2v) is 4.45. The molecule has 1 fully saturated rings. The number of ketones is 1. The van der Waals surface area contributed by atoms with Crippen LogP contribution in [0.2, 0.25) is 0 Å². The minimum atomic E-state index is -0.856. The number of amides is 1. The van der Waals surface area contributed by atoms with E-state index in [4.69, 9.17) is 14.2 Å². The van der Waals surface area contributed by atoms with Crippen LogP contribution in [0.25, 0.3) is 0 Å². The van der Waals surface area contributed by atoms with Gasteiger partial charge in [-0.15, -0.1) is 0 Å². The maximum atomic E-state index is 11.7. The summed E-state index contributed by atoms with van der Waals surface area (Å²) in [6.07, 6.45) is -0.0725. The number of hydrogen-bond donors (Lipinski definition) is 1. The molecule has 2 rings (SSSR count). The van der Waals surface area contributed by atoms with Crippen molar-refractivity contribution in [1.82, 2.24) is 5.32 Å². The summed E-state index contributed by atoms with van der Waals surface area (Å²) in [5, 5.41) is 2.44. The normalized spacial score (nSPS) is 21.0. The van der Waals surface area contributed by atoms with Crippen molar-refractivity contribution >= 4 is 11.9 Å². The predicted octanol–water partition coefficient (Wildman–Crippen LogP) is 1.41. The molecule has 2 atom stereocenters. The van der Waals surface area contributed by atoms with Crippen LogP contribution in [0.5, 0.6) is 0 Å². The minimum Gasteiger partial charge on any atom is -0.445 e. The smallest absolute Gasteiger partial charge is 0.408 e. The van der Waals surface area contributed by atoms with Gasteiger partial charge in [-0.25, -0.2) is 4.79 Å². The molecule has 1 saturated heterocycles. The first-order valence-corrected chi connectivity index (χ1v) is 6.54. The van der Waals surface area contributed by atoms with Gasteiger partial charge < -0.3 is 19.5 Å². The first-order valence-electron chi connectivity index (χ1n) is 6.54. The van der Waals surface area contributed by atoms with Crippen LogP contribution in [0.3, 0.4) is 0 Å². The Morgan fingerprint density at radius 2 is 2.19 bits per heavy atom. The van der Waals surface area contributed by atoms with Crippen LogP contribution in [-0.2, 0) is 25.6 Å². The number of benzene rings is 1. The summed E-state index contributed by atoms with van der Waals surface area (Å²) in [6.45, 7) is 3.71. The number of Topliss-reactive ketones (excluding diaryl/α,β-unsaturated/α-hetero) is 1. The third-order valence-corrected chi connectivity index (χ3v) is 2.87. The maximum Gasteiger partial charge on any atom is 0.408 e. The molecule has 0 aliphatic carbocycles. The van der Waals surface area contributed by atoms with E-state index in [1.165, 1.54) is 6.08 Å². The molecular weight excluding hydrogens is 274 g/mol. The van der Waals surface area contributed by atoms with Crippen molar-refractivity contribution in [2.24, 2.45) is 0 Å². The number of nitrogens with one attached hydrogen (secondary N) is 1. The molecule has 1 amide bonds. The highest BCUT2D eigenvalue weighted by molar-refractivity contribution is 5.90. The van der Waals surface area contributed by atoms with Crippen molar-refractivity contribution in [2.45, 2.75) is 18.9 Å². The van der Waals surface area contributed by atoms with Crippen LogP contribution in [0, 0.1) is 0 Å². The van der Waals surface area contributed by atoms with Crippen LogP contribution < -0.4 is 5.32 Å². The van der Waals surface area contributed by atoms with Gasteiger partial charge in [-0.2, -0.15) is 0 Å². The predicted molar refractivity (Wildman–Crippen MR) is 74.4 cm³/mol. The lowest BCUT2D eigenvalue weighted by Gasteiger charge is -2.18. The van der Waals surface area contributed by atoms with E-state index in [9.17, 15) is 9.59 Å². The maximum absolute atomic E-state index is 11.7. The van der Waals surface area contributed by atoms with Crippen molar-refractivity contribution < 1.29 is 23.8 Å². The topological polar surface area (TPSA) is 73.9 Å². The summed E-state index contributed by atoms with van der Waals surface area (Å²) in [5.74, 6) is -0.247. The van der Waals surface area contributed by atoms with Gasteiger partial charge in [0.15, 0.2) is 12.1 Å². The molecule has 0 saturated carbocycles. The Kier molecular flexibility index (Phi) is 5.48. The monoisotopic (exact) mass is 291 g/mol. The molecule has 1 aromatic rings. The van der Waals surface area contributed by atoms with Crippen molar-refractivity contribution in [3.8, 4) is 0 Å². The molecule has 1 N–H and O–H groups in total. The minimum absolute atomic E-state index is 0.0726. The fourth-order valence-electron chi connectivity index (χ4n) is 1.85. The van der Waals surface area contributed by atoms with Crippen molar-refractivity contribution in [2.75, 3.05) is 13.2 Å². The van der Waals surface area contributed by atoms with E-state index in [1.807, 2.05) is 30.3 Å². The Morgan fingerprint density at radius 3 is 2.90 bits per heavy atom. The summed E-state index contributed by atoms with van der Waals surface area (Å²) in [6, 6.07) is 8.63. The lowest BCUT2D eigenvalue weighted by Crippen LogP contribution is -2.45. The van der Waals surface area contributed by atoms with Crippen LogP contribution in [0.15, 0.2) is 43.0 Å². The van der Waals surface area contributed by atoms with E-state index < -0.39 is 18.4 Å². The van der Waals surface area contributed by atoms with E-state index in [-0.39, 0.29) is 19.0 Å². The molecule has 1 unspecified atom stereocenters. The van der Waals surface area contributed by atoms with E-state index in [0.717, 1.165) is 5.56 Å². The van der Waals surface area contributed by atoms with Gasteiger partial charge in [0.1, 0.15) is 19.3 Å². The van der Waals surface area contributed by atoms with Crippen molar-refractivity contribution in [1.29, 1.82) is 0 Å². The lowest BCUT2D eigenvalue weighted by molar-refractivity contribution is -0.128. The fourth-order valence-corrected chi connectivity index (χ4v) is 1.85. The van der Waals surface area contributed by atoms with Gasteiger partial charge in [-0.3, -0.25) is 4.79 Å². The number of rotatable bonds is 6. The second kappa shape index (κ2) is 7.56. The molecule has 0 spiro atoms. The molecule has 6 nitrogen and oxygen atoms in total. The molecule has 1 heterocycles. The number of hydrogen-bond acceptors (Lipinski definition) is 5. The Bertz CT molecular complexity index is 502. The molecule has 0 aromatic heterocycles. The zero-order chi connectivity index (χ0) is 15.1. The number of alkyl carbamates (subject to hydrolysis) is 1. The number of ether oxygens (including phenoxy) is 3. The molecule has 0 radical (unpaired) electrons. The van der Waals surface area contributed by atoms with Gasteiger partial charge >= 0.3 is 6.09 Å². The average Bonchev–Trinajstić information content (AvgIpc) is 2.85. The fraction of sp³-hybridized carbons (Fsp3) is 0.333. The highest BCUT2D eigenvalue weighted by Gasteiger charge is 2.38.